The van der Waals surface area contributed by atoms with E-state index >= 15 is 0 Å². The zero-order chi connectivity index (χ0) is 52.7. The number of fused-ring (bicyclic) bond motifs is 5. The van der Waals surface area contributed by atoms with Gasteiger partial charge in [0.2, 0.25) is 0 Å². The van der Waals surface area contributed by atoms with Crippen molar-refractivity contribution in [1.29, 1.82) is 0 Å². The number of rotatable bonds is 24. The molecule has 0 bridgehead atoms. The summed E-state index contributed by atoms with van der Waals surface area (Å²) < 4.78 is 0. The van der Waals surface area contributed by atoms with Crippen LogP contribution in [0.4, 0.5) is 28.4 Å². The molecule has 0 heterocycles. The maximum atomic E-state index is 2.71. The Kier molecular flexibility index (Phi) is 16.8. The van der Waals surface area contributed by atoms with E-state index in [1.54, 1.807) is 11.1 Å². The van der Waals surface area contributed by atoms with Crippen molar-refractivity contribution in [2.45, 2.75) is 175 Å². The molecule has 8 aromatic carbocycles. The van der Waals surface area contributed by atoms with Gasteiger partial charge in [-0.1, -0.05) is 241 Å². The minimum absolute atomic E-state index is 0.0822. The standard InChI is InChI=1S/C73H88N2/c1-11-17-25-53(15-5)51-73(52-54(16-6)26-18-12-2)67-49-59(71(7,8)47-13-3)39-45-65(67)66-46-44-62(50-68(66)73)74(69-33-23-29-57-27-19-21-31-63(57)69)60-40-35-55(36-41-60)56-37-42-61(43-38-56)75(72(9,10)48-14-4)70-34-24-30-58-28-20-22-32-64(58)70/h19-24,27-46,49-50,53-54H,11-18,25-26,47-48,51-52H2,1-10H3. The zero-order valence-corrected chi connectivity index (χ0v) is 47.6. The van der Waals surface area contributed by atoms with Crippen LogP contribution in [0.2, 0.25) is 0 Å². The molecule has 9 rings (SSSR count). The molecule has 2 unspecified atom stereocenters. The number of unbranched alkanes of at least 4 members (excludes halogenated alkanes) is 2. The quantitative estimate of drug-likeness (QED) is 0.0595. The second kappa shape index (κ2) is 23.4. The van der Waals surface area contributed by atoms with Gasteiger partial charge in [0.25, 0.3) is 0 Å². The number of hydrogen-bond donors (Lipinski definition) is 0. The smallest absolute Gasteiger partial charge is 0.0540 e. The molecule has 0 saturated heterocycles. The Hall–Kier alpha value is -6.12. The molecule has 8 aromatic rings. The van der Waals surface area contributed by atoms with Crippen molar-refractivity contribution < 1.29 is 0 Å². The number of benzene rings is 8. The maximum absolute atomic E-state index is 2.71. The summed E-state index contributed by atoms with van der Waals surface area (Å²) in [7, 11) is 0. The molecule has 0 aromatic heterocycles. The monoisotopic (exact) mass is 993 g/mol. The average Bonchev–Trinajstić information content (AvgIpc) is 3.68. The van der Waals surface area contributed by atoms with Crippen LogP contribution in [0.3, 0.4) is 0 Å². The Labute approximate surface area is 453 Å². The van der Waals surface area contributed by atoms with Gasteiger partial charge in [0.05, 0.1) is 5.69 Å². The highest BCUT2D eigenvalue weighted by Crippen LogP contribution is 2.58. The summed E-state index contributed by atoms with van der Waals surface area (Å²) in [6, 6.07) is 65.4. The Bertz CT molecular complexity index is 3120. The van der Waals surface area contributed by atoms with Crippen molar-refractivity contribution in [3.8, 4) is 22.3 Å². The van der Waals surface area contributed by atoms with Crippen LogP contribution in [0.5, 0.6) is 0 Å². The third-order valence-corrected chi connectivity index (χ3v) is 17.7. The molecule has 0 fully saturated rings. The summed E-state index contributed by atoms with van der Waals surface area (Å²) in [5, 5.41) is 5.07. The summed E-state index contributed by atoms with van der Waals surface area (Å²) in [6.07, 6.45) is 17.1. The molecule has 0 aliphatic heterocycles. The van der Waals surface area contributed by atoms with Crippen molar-refractivity contribution in [3.63, 3.8) is 0 Å². The Balaban J connectivity index is 1.18. The molecule has 0 saturated carbocycles. The summed E-state index contributed by atoms with van der Waals surface area (Å²) in [4.78, 5) is 5.14. The molecule has 0 spiro atoms. The lowest BCUT2D eigenvalue weighted by Gasteiger charge is -2.41. The van der Waals surface area contributed by atoms with E-state index in [9.17, 15) is 0 Å². The predicted molar refractivity (Wildman–Crippen MR) is 329 cm³/mol. The Morgan fingerprint density at radius 1 is 0.440 bits per heavy atom. The molecule has 75 heavy (non-hydrogen) atoms. The first-order chi connectivity index (χ1) is 36.4. The highest BCUT2D eigenvalue weighted by molar-refractivity contribution is 6.00. The minimum Gasteiger partial charge on any atom is -0.335 e. The highest BCUT2D eigenvalue weighted by Gasteiger charge is 2.46. The maximum Gasteiger partial charge on any atom is 0.0540 e. The third-order valence-electron chi connectivity index (χ3n) is 17.7. The van der Waals surface area contributed by atoms with Crippen LogP contribution in [0, 0.1) is 11.8 Å². The zero-order valence-electron chi connectivity index (χ0n) is 47.6. The Morgan fingerprint density at radius 2 is 0.920 bits per heavy atom. The Morgan fingerprint density at radius 3 is 1.47 bits per heavy atom. The predicted octanol–water partition coefficient (Wildman–Crippen LogP) is 22.4. The van der Waals surface area contributed by atoms with Crippen molar-refractivity contribution in [1.82, 2.24) is 0 Å². The van der Waals surface area contributed by atoms with E-state index in [4.69, 9.17) is 0 Å². The van der Waals surface area contributed by atoms with Gasteiger partial charge in [0.1, 0.15) is 0 Å². The van der Waals surface area contributed by atoms with Gasteiger partial charge in [-0.25, -0.2) is 0 Å². The van der Waals surface area contributed by atoms with Crippen LogP contribution in [-0.4, -0.2) is 5.54 Å². The first-order valence-corrected chi connectivity index (χ1v) is 29.5. The minimum atomic E-state index is -0.0861. The number of hydrogen-bond acceptors (Lipinski definition) is 2. The molecular formula is C73H88N2. The summed E-state index contributed by atoms with van der Waals surface area (Å²) in [6.45, 7) is 24.1. The SMILES string of the molecule is CCCCC(CC)CC1(CC(CC)CCCC)c2cc(N(c3ccc(-c4ccc(N(c5cccc6ccccc56)C(C)(C)CCC)cc4)cc3)c3cccc4ccccc34)ccc2-c2ccc(C(C)(C)CCC)cc21. The molecule has 0 radical (unpaired) electrons. The molecule has 2 heteroatoms. The third kappa shape index (κ3) is 11.0. The molecule has 0 N–H and O–H groups in total. The molecule has 0 amide bonds. The molecule has 390 valence electrons. The van der Waals surface area contributed by atoms with Gasteiger partial charge in [-0.2, -0.15) is 0 Å². The van der Waals surface area contributed by atoms with Gasteiger partial charge >= 0.3 is 0 Å². The molecular weight excluding hydrogens is 905 g/mol. The van der Waals surface area contributed by atoms with E-state index in [1.807, 2.05) is 0 Å². The summed E-state index contributed by atoms with van der Waals surface area (Å²) >= 11 is 0. The molecule has 2 nitrogen and oxygen atoms in total. The lowest BCUT2D eigenvalue weighted by Crippen LogP contribution is -2.40. The van der Waals surface area contributed by atoms with Gasteiger partial charge in [0, 0.05) is 44.5 Å². The van der Waals surface area contributed by atoms with Crippen molar-refractivity contribution in [2.24, 2.45) is 11.8 Å². The van der Waals surface area contributed by atoms with E-state index in [0.717, 1.165) is 12.8 Å². The normalized spacial score (nSPS) is 15.2. The van der Waals surface area contributed by atoms with E-state index < -0.39 is 0 Å². The lowest BCUT2D eigenvalue weighted by molar-refractivity contribution is 0.265. The van der Waals surface area contributed by atoms with Crippen molar-refractivity contribution in [3.05, 3.63) is 187 Å². The first kappa shape index (κ1) is 53.7. The topological polar surface area (TPSA) is 6.48 Å². The van der Waals surface area contributed by atoms with Gasteiger partial charge in [-0.15, -0.1) is 0 Å². The van der Waals surface area contributed by atoms with Crippen LogP contribution in [0.25, 0.3) is 43.8 Å². The van der Waals surface area contributed by atoms with Gasteiger partial charge in [0.15, 0.2) is 0 Å². The van der Waals surface area contributed by atoms with Crippen LogP contribution in [0.15, 0.2) is 170 Å². The number of anilines is 5. The largest absolute Gasteiger partial charge is 0.335 e. The van der Waals surface area contributed by atoms with Crippen molar-refractivity contribution >= 4 is 50.0 Å². The number of nitrogens with zero attached hydrogens (tertiary/aromatic N) is 2. The van der Waals surface area contributed by atoms with Gasteiger partial charge in [-0.05, 0) is 155 Å². The molecule has 1 aliphatic carbocycles. The average molecular weight is 994 g/mol. The van der Waals surface area contributed by atoms with Crippen LogP contribution < -0.4 is 9.80 Å². The van der Waals surface area contributed by atoms with Gasteiger partial charge in [-0.3, -0.25) is 0 Å². The fraction of sp³-hybridized carbons (Fsp3) is 0.397. The van der Waals surface area contributed by atoms with E-state index in [2.05, 4.69) is 249 Å². The van der Waals surface area contributed by atoms with Crippen LogP contribution in [0.1, 0.15) is 176 Å². The highest BCUT2D eigenvalue weighted by atomic mass is 15.2. The second-order valence-corrected chi connectivity index (χ2v) is 23.8. The van der Waals surface area contributed by atoms with E-state index in [1.165, 1.54) is 155 Å². The van der Waals surface area contributed by atoms with E-state index in [0.29, 0.717) is 11.8 Å². The van der Waals surface area contributed by atoms with Crippen LogP contribution >= 0.6 is 0 Å². The lowest BCUT2D eigenvalue weighted by atomic mass is 9.64. The van der Waals surface area contributed by atoms with Crippen LogP contribution in [-0.2, 0) is 10.8 Å². The molecule has 2 atom stereocenters. The van der Waals surface area contributed by atoms with Gasteiger partial charge < -0.3 is 9.80 Å². The molecule has 1 aliphatic rings. The second-order valence-electron chi connectivity index (χ2n) is 23.8. The van der Waals surface area contributed by atoms with Crippen molar-refractivity contribution in [2.75, 3.05) is 9.80 Å². The first-order valence-electron chi connectivity index (χ1n) is 29.5. The summed E-state index contributed by atoms with van der Waals surface area (Å²) in [5.41, 5.74) is 16.0. The van der Waals surface area contributed by atoms with E-state index in [-0.39, 0.29) is 16.4 Å². The summed E-state index contributed by atoms with van der Waals surface area (Å²) in [5.74, 6) is 1.31. The fourth-order valence-electron chi connectivity index (χ4n) is 13.6. The fourth-order valence-corrected chi connectivity index (χ4v) is 13.6.